The summed E-state index contributed by atoms with van der Waals surface area (Å²) >= 11 is 0. The zero-order chi connectivity index (χ0) is 23.4. The van der Waals surface area contributed by atoms with Gasteiger partial charge in [0, 0.05) is 32.5 Å². The zero-order valence-electron chi connectivity index (χ0n) is 18.6. The van der Waals surface area contributed by atoms with Gasteiger partial charge in [0.25, 0.3) is 0 Å². The maximum atomic E-state index is 12.5. The molecule has 0 radical (unpaired) electrons. The van der Waals surface area contributed by atoms with Crippen LogP contribution in [0.3, 0.4) is 0 Å². The number of amides is 3. The SMILES string of the molecule is CCCCCCC(=O)NC[C@H](N)C(=O)N[C@H](CC(=O)NN(C)CC(=O)O)[C@H]1C[C@H]1CN. The highest BCUT2D eigenvalue weighted by Gasteiger charge is 2.43. The third-order valence-electron chi connectivity index (χ3n) is 5.33. The van der Waals surface area contributed by atoms with Crippen molar-refractivity contribution in [3.63, 3.8) is 0 Å². The van der Waals surface area contributed by atoms with E-state index >= 15 is 0 Å². The van der Waals surface area contributed by atoms with Crippen LogP contribution in [0.1, 0.15) is 51.9 Å². The number of nitrogens with one attached hydrogen (secondary N) is 3. The number of carbonyl (C=O) groups excluding carboxylic acids is 3. The molecule has 0 aromatic heterocycles. The van der Waals surface area contributed by atoms with Gasteiger partial charge in [0.05, 0.1) is 0 Å². The minimum absolute atomic E-state index is 0.0176. The molecule has 0 aromatic carbocycles. The fourth-order valence-electron chi connectivity index (χ4n) is 3.45. The lowest BCUT2D eigenvalue weighted by molar-refractivity contribution is -0.139. The maximum Gasteiger partial charge on any atom is 0.319 e. The predicted molar refractivity (Wildman–Crippen MR) is 115 cm³/mol. The molecule has 1 rings (SSSR count). The number of carbonyl (C=O) groups is 4. The van der Waals surface area contributed by atoms with Gasteiger partial charge >= 0.3 is 5.97 Å². The van der Waals surface area contributed by atoms with E-state index in [-0.39, 0.29) is 37.3 Å². The second-order valence-corrected chi connectivity index (χ2v) is 8.22. The molecule has 31 heavy (non-hydrogen) atoms. The number of carboxylic acid groups (broad SMARTS) is 1. The third-order valence-corrected chi connectivity index (χ3v) is 5.33. The molecule has 178 valence electrons. The largest absolute Gasteiger partial charge is 0.480 e. The van der Waals surface area contributed by atoms with Crippen molar-refractivity contribution in [1.29, 1.82) is 0 Å². The van der Waals surface area contributed by atoms with Gasteiger partial charge in [-0.15, -0.1) is 0 Å². The normalized spacial score (nSPS) is 19.4. The van der Waals surface area contributed by atoms with Crippen LogP contribution < -0.4 is 27.5 Å². The Morgan fingerprint density at radius 3 is 2.45 bits per heavy atom. The number of nitrogens with zero attached hydrogens (tertiary/aromatic N) is 1. The van der Waals surface area contributed by atoms with Crippen molar-refractivity contribution >= 4 is 23.7 Å². The van der Waals surface area contributed by atoms with E-state index in [1.807, 2.05) is 0 Å². The van der Waals surface area contributed by atoms with Crippen molar-refractivity contribution in [3.8, 4) is 0 Å². The molecule has 4 atom stereocenters. The van der Waals surface area contributed by atoms with Crippen molar-refractivity contribution in [3.05, 3.63) is 0 Å². The Hall–Kier alpha value is -2.24. The van der Waals surface area contributed by atoms with Crippen molar-refractivity contribution in [2.24, 2.45) is 23.3 Å². The molecule has 1 fully saturated rings. The zero-order valence-corrected chi connectivity index (χ0v) is 18.6. The molecule has 0 aliphatic heterocycles. The highest BCUT2D eigenvalue weighted by Crippen LogP contribution is 2.41. The topological polar surface area (TPSA) is 180 Å². The minimum atomic E-state index is -1.07. The number of rotatable bonds is 16. The average Bonchev–Trinajstić information content (AvgIpc) is 3.48. The first kappa shape index (κ1) is 26.8. The molecular formula is C20H38N6O5. The van der Waals surface area contributed by atoms with Gasteiger partial charge in [0.15, 0.2) is 0 Å². The van der Waals surface area contributed by atoms with Crippen LogP contribution in [0.4, 0.5) is 0 Å². The Labute approximate surface area is 183 Å². The van der Waals surface area contributed by atoms with E-state index in [2.05, 4.69) is 23.0 Å². The Balaban J connectivity index is 2.49. The van der Waals surface area contributed by atoms with Crippen molar-refractivity contribution in [2.75, 3.05) is 26.7 Å². The summed E-state index contributed by atoms with van der Waals surface area (Å²) in [5.41, 5.74) is 14.1. The van der Waals surface area contributed by atoms with Gasteiger partial charge in [-0.05, 0) is 31.2 Å². The fourth-order valence-corrected chi connectivity index (χ4v) is 3.45. The molecule has 8 N–H and O–H groups in total. The smallest absolute Gasteiger partial charge is 0.319 e. The van der Waals surface area contributed by atoms with E-state index in [0.29, 0.717) is 13.0 Å². The van der Waals surface area contributed by atoms with Crippen molar-refractivity contribution in [1.82, 2.24) is 21.1 Å². The van der Waals surface area contributed by atoms with E-state index in [0.717, 1.165) is 32.1 Å². The Morgan fingerprint density at radius 2 is 1.87 bits per heavy atom. The van der Waals surface area contributed by atoms with Gasteiger partial charge in [-0.2, -0.15) is 0 Å². The Bertz CT molecular complexity index is 617. The molecule has 1 aliphatic rings. The van der Waals surface area contributed by atoms with Gasteiger partial charge in [0.1, 0.15) is 12.6 Å². The number of aliphatic carboxylic acids is 1. The van der Waals surface area contributed by atoms with E-state index in [1.54, 1.807) is 0 Å². The summed E-state index contributed by atoms with van der Waals surface area (Å²) in [6, 6.07) is -1.40. The Kier molecular flexibility index (Phi) is 12.1. The van der Waals surface area contributed by atoms with Gasteiger partial charge < -0.3 is 27.2 Å². The minimum Gasteiger partial charge on any atom is -0.480 e. The standard InChI is InChI=1S/C20H38N6O5/c1-3-4-5-6-7-17(27)23-11-15(22)20(31)24-16(14-8-13(14)10-21)9-18(28)25-26(2)12-19(29)30/h13-16H,3-12,21-22H2,1-2H3,(H,23,27)(H,24,31)(H,25,28)(H,29,30)/t13-,14-,15-,16+/m0/s1. The monoisotopic (exact) mass is 442 g/mol. The first-order valence-corrected chi connectivity index (χ1v) is 10.9. The summed E-state index contributed by atoms with van der Waals surface area (Å²) in [5, 5.41) is 15.4. The number of likely N-dealkylation sites (N-methyl/N-ethyl adjacent to an activating group) is 1. The van der Waals surface area contributed by atoms with Crippen molar-refractivity contribution in [2.45, 2.75) is 64.0 Å². The first-order valence-electron chi connectivity index (χ1n) is 10.9. The number of hydrazine groups is 1. The molecule has 1 saturated carbocycles. The van der Waals surface area contributed by atoms with Crippen LogP contribution in [-0.4, -0.2) is 72.6 Å². The highest BCUT2D eigenvalue weighted by molar-refractivity contribution is 5.84. The van der Waals surface area contributed by atoms with Crippen LogP contribution in [0.15, 0.2) is 0 Å². The third kappa shape index (κ3) is 11.1. The lowest BCUT2D eigenvalue weighted by atomic mass is 10.1. The first-order chi connectivity index (χ1) is 14.7. The van der Waals surface area contributed by atoms with Crippen LogP contribution in [0, 0.1) is 11.8 Å². The predicted octanol–water partition coefficient (Wildman–Crippen LogP) is -1.08. The molecule has 11 nitrogen and oxygen atoms in total. The van der Waals surface area contributed by atoms with Gasteiger partial charge in [0.2, 0.25) is 17.7 Å². The molecule has 11 heteroatoms. The number of hydrogen-bond donors (Lipinski definition) is 6. The van der Waals surface area contributed by atoms with Gasteiger partial charge in [-0.3, -0.25) is 24.6 Å². The van der Waals surface area contributed by atoms with Crippen LogP contribution in [0.25, 0.3) is 0 Å². The summed E-state index contributed by atoms with van der Waals surface area (Å²) in [7, 11) is 1.44. The second-order valence-electron chi connectivity index (χ2n) is 8.22. The number of nitrogens with two attached hydrogens (primary N) is 2. The Morgan fingerprint density at radius 1 is 1.16 bits per heavy atom. The van der Waals surface area contributed by atoms with E-state index in [1.165, 1.54) is 12.1 Å². The molecule has 1 aliphatic carbocycles. The van der Waals surface area contributed by atoms with E-state index in [4.69, 9.17) is 16.6 Å². The molecule has 0 aromatic rings. The molecular weight excluding hydrogens is 404 g/mol. The summed E-state index contributed by atoms with van der Waals surface area (Å²) in [6.07, 6.45) is 5.15. The number of hydrogen-bond acceptors (Lipinski definition) is 7. The quantitative estimate of drug-likeness (QED) is 0.129. The molecule has 0 bridgehead atoms. The molecule has 0 saturated heterocycles. The lowest BCUT2D eigenvalue weighted by Gasteiger charge is -2.23. The maximum absolute atomic E-state index is 12.5. The van der Waals surface area contributed by atoms with Crippen LogP contribution >= 0.6 is 0 Å². The lowest BCUT2D eigenvalue weighted by Crippen LogP contribution is -2.52. The van der Waals surface area contributed by atoms with Gasteiger partial charge in [-0.1, -0.05) is 26.2 Å². The molecule has 3 amide bonds. The second kappa shape index (κ2) is 13.9. The van der Waals surface area contributed by atoms with Crippen molar-refractivity contribution < 1.29 is 24.3 Å². The average molecular weight is 443 g/mol. The fraction of sp³-hybridized carbons (Fsp3) is 0.800. The van der Waals surface area contributed by atoms with Crippen LogP contribution in [0.5, 0.6) is 0 Å². The number of unbranched alkanes of at least 4 members (excludes halogenated alkanes) is 3. The van der Waals surface area contributed by atoms with E-state index < -0.39 is 29.9 Å². The summed E-state index contributed by atoms with van der Waals surface area (Å²) < 4.78 is 0. The summed E-state index contributed by atoms with van der Waals surface area (Å²) in [5.74, 6) is -1.80. The van der Waals surface area contributed by atoms with Crippen LogP contribution in [-0.2, 0) is 19.2 Å². The molecule has 0 heterocycles. The highest BCUT2D eigenvalue weighted by atomic mass is 16.4. The van der Waals surface area contributed by atoms with E-state index in [9.17, 15) is 19.2 Å². The van der Waals surface area contributed by atoms with Crippen LogP contribution in [0.2, 0.25) is 0 Å². The molecule has 0 spiro atoms. The van der Waals surface area contributed by atoms with Gasteiger partial charge in [-0.25, -0.2) is 5.01 Å². The summed E-state index contributed by atoms with van der Waals surface area (Å²) in [6.45, 7) is 2.22. The molecule has 0 unspecified atom stereocenters. The summed E-state index contributed by atoms with van der Waals surface area (Å²) in [4.78, 5) is 47.4. The number of carboxylic acids is 1.